The molecule has 2 unspecified atom stereocenters. The number of amides is 1. The molecule has 104 valence electrons. The van der Waals surface area contributed by atoms with E-state index < -0.39 is 5.60 Å². The van der Waals surface area contributed by atoms with Crippen LogP contribution in [0.25, 0.3) is 0 Å². The average molecular weight is 284 g/mol. The fourth-order valence-corrected chi connectivity index (χ4v) is 3.57. The Kier molecular flexibility index (Phi) is 3.31. The molecule has 1 aliphatic carbocycles. The number of fused-ring (bicyclic) bond motifs is 1. The number of likely N-dealkylation sites (tertiary alicyclic amines) is 1. The summed E-state index contributed by atoms with van der Waals surface area (Å²) in [6.45, 7) is 1.21. The van der Waals surface area contributed by atoms with Crippen LogP contribution in [0.3, 0.4) is 0 Å². The zero-order chi connectivity index (χ0) is 13.5. The Morgan fingerprint density at radius 2 is 2.32 bits per heavy atom. The van der Waals surface area contributed by atoms with Crippen LogP contribution in [0, 0.1) is 5.92 Å². The van der Waals surface area contributed by atoms with Gasteiger partial charge in [-0.25, -0.2) is 0 Å². The van der Waals surface area contributed by atoms with Gasteiger partial charge in [-0.15, -0.1) is 0 Å². The summed E-state index contributed by atoms with van der Waals surface area (Å²) in [6, 6.07) is 1.60. The van der Waals surface area contributed by atoms with Crippen LogP contribution >= 0.6 is 11.6 Å². The number of nitrogens with zero attached hydrogens (tertiary/aromatic N) is 1. The minimum Gasteiger partial charge on any atom is -0.452 e. The number of furan rings is 1. The van der Waals surface area contributed by atoms with Gasteiger partial charge < -0.3 is 14.4 Å². The van der Waals surface area contributed by atoms with Crippen molar-refractivity contribution in [2.75, 3.05) is 13.1 Å². The third-order valence-electron chi connectivity index (χ3n) is 4.56. The molecule has 2 heterocycles. The molecule has 0 radical (unpaired) electrons. The minimum atomic E-state index is -0.560. The van der Waals surface area contributed by atoms with E-state index in [1.54, 1.807) is 11.0 Å². The zero-order valence-electron chi connectivity index (χ0n) is 10.8. The first-order chi connectivity index (χ1) is 9.10. The first kappa shape index (κ1) is 13.0. The maximum Gasteiger partial charge on any atom is 0.258 e. The highest BCUT2D eigenvalue weighted by molar-refractivity contribution is 6.32. The van der Waals surface area contributed by atoms with Crippen LogP contribution in [0.15, 0.2) is 16.7 Å². The molecular formula is C14H18ClNO3. The maximum absolute atomic E-state index is 12.4. The highest BCUT2D eigenvalue weighted by Crippen LogP contribution is 2.40. The van der Waals surface area contributed by atoms with Crippen LogP contribution in [0.1, 0.15) is 42.5 Å². The smallest absolute Gasteiger partial charge is 0.258 e. The van der Waals surface area contributed by atoms with Crippen molar-refractivity contribution in [3.8, 4) is 0 Å². The van der Waals surface area contributed by atoms with Gasteiger partial charge in [-0.3, -0.25) is 4.79 Å². The van der Waals surface area contributed by atoms with Crippen molar-refractivity contribution >= 4 is 17.5 Å². The quantitative estimate of drug-likeness (QED) is 0.862. The van der Waals surface area contributed by atoms with Gasteiger partial charge in [-0.05, 0) is 36.9 Å². The molecule has 0 bridgehead atoms. The van der Waals surface area contributed by atoms with Crippen molar-refractivity contribution in [2.24, 2.45) is 5.92 Å². The summed E-state index contributed by atoms with van der Waals surface area (Å²) in [6.07, 6.45) is 6.19. The van der Waals surface area contributed by atoms with Gasteiger partial charge in [0.25, 0.3) is 5.91 Å². The number of piperidine rings is 1. The van der Waals surface area contributed by atoms with Crippen LogP contribution in [0.5, 0.6) is 0 Å². The molecule has 4 nitrogen and oxygen atoms in total. The lowest BCUT2D eigenvalue weighted by Gasteiger charge is -2.47. The Bertz CT molecular complexity index is 487. The van der Waals surface area contributed by atoms with E-state index in [0.717, 1.165) is 25.7 Å². The second kappa shape index (κ2) is 4.84. The SMILES string of the molecule is O=C(c1ccoc1Cl)N1CCC2(O)CCCCC2C1. The second-order valence-electron chi connectivity index (χ2n) is 5.66. The van der Waals surface area contributed by atoms with Crippen molar-refractivity contribution in [1.29, 1.82) is 0 Å². The van der Waals surface area contributed by atoms with Crippen LogP contribution in [-0.4, -0.2) is 34.6 Å². The second-order valence-corrected chi connectivity index (χ2v) is 6.00. The summed E-state index contributed by atoms with van der Waals surface area (Å²) in [5.41, 5.74) is -0.141. The van der Waals surface area contributed by atoms with E-state index in [0.29, 0.717) is 25.1 Å². The van der Waals surface area contributed by atoms with E-state index in [1.807, 2.05) is 0 Å². The van der Waals surface area contributed by atoms with E-state index in [2.05, 4.69) is 0 Å². The molecule has 1 saturated carbocycles. The van der Waals surface area contributed by atoms with Gasteiger partial charge >= 0.3 is 0 Å². The molecule has 1 N–H and O–H groups in total. The number of hydrogen-bond acceptors (Lipinski definition) is 3. The molecule has 0 spiro atoms. The van der Waals surface area contributed by atoms with Crippen molar-refractivity contribution < 1.29 is 14.3 Å². The Hall–Kier alpha value is -1.00. The molecule has 0 aromatic carbocycles. The van der Waals surface area contributed by atoms with Gasteiger partial charge in [-0.1, -0.05) is 12.8 Å². The third kappa shape index (κ3) is 2.28. The first-order valence-corrected chi connectivity index (χ1v) is 7.22. The Morgan fingerprint density at radius 3 is 3.05 bits per heavy atom. The predicted molar refractivity (Wildman–Crippen MR) is 71.1 cm³/mol. The minimum absolute atomic E-state index is 0.0913. The van der Waals surface area contributed by atoms with E-state index in [9.17, 15) is 9.90 Å². The summed E-state index contributed by atoms with van der Waals surface area (Å²) < 4.78 is 4.97. The molecule has 19 heavy (non-hydrogen) atoms. The van der Waals surface area contributed by atoms with Gasteiger partial charge in [0.1, 0.15) is 0 Å². The highest BCUT2D eigenvalue weighted by Gasteiger charge is 2.44. The lowest BCUT2D eigenvalue weighted by molar-refractivity contribution is -0.0886. The van der Waals surface area contributed by atoms with Gasteiger partial charge in [0, 0.05) is 19.0 Å². The first-order valence-electron chi connectivity index (χ1n) is 6.85. The van der Waals surface area contributed by atoms with Gasteiger partial charge in [0.05, 0.1) is 17.4 Å². The standard InChI is InChI=1S/C14H18ClNO3/c15-12-11(4-8-19-12)13(17)16-7-6-14(18)5-2-1-3-10(14)9-16/h4,8,10,18H,1-3,5-7,9H2. The largest absolute Gasteiger partial charge is 0.452 e. The van der Waals surface area contributed by atoms with Crippen molar-refractivity contribution in [3.63, 3.8) is 0 Å². The van der Waals surface area contributed by atoms with E-state index in [4.69, 9.17) is 16.0 Å². The van der Waals surface area contributed by atoms with E-state index >= 15 is 0 Å². The molecule has 3 rings (SSSR count). The monoisotopic (exact) mass is 283 g/mol. The Morgan fingerprint density at radius 1 is 1.47 bits per heavy atom. The fraction of sp³-hybridized carbons (Fsp3) is 0.643. The van der Waals surface area contributed by atoms with Gasteiger partial charge in [-0.2, -0.15) is 0 Å². The molecule has 1 aliphatic heterocycles. The average Bonchev–Trinajstić information content (AvgIpc) is 2.83. The molecule has 2 atom stereocenters. The van der Waals surface area contributed by atoms with Crippen molar-refractivity contribution in [3.05, 3.63) is 23.1 Å². The number of aliphatic hydroxyl groups is 1. The summed E-state index contributed by atoms with van der Waals surface area (Å²) in [5, 5.41) is 10.7. The number of carbonyl (C=O) groups is 1. The number of rotatable bonds is 1. The Balaban J connectivity index is 1.74. The van der Waals surface area contributed by atoms with E-state index in [1.165, 1.54) is 6.26 Å². The maximum atomic E-state index is 12.4. The molecular weight excluding hydrogens is 266 g/mol. The topological polar surface area (TPSA) is 53.7 Å². The van der Waals surface area contributed by atoms with Gasteiger partial charge in [0.2, 0.25) is 5.22 Å². The number of hydrogen-bond donors (Lipinski definition) is 1. The molecule has 1 aromatic rings. The number of carbonyl (C=O) groups excluding carboxylic acids is 1. The van der Waals surface area contributed by atoms with Crippen molar-refractivity contribution in [2.45, 2.75) is 37.7 Å². The molecule has 5 heteroatoms. The molecule has 1 saturated heterocycles. The molecule has 1 amide bonds. The van der Waals surface area contributed by atoms with Crippen LogP contribution in [0.2, 0.25) is 5.22 Å². The third-order valence-corrected chi connectivity index (χ3v) is 4.86. The molecule has 2 aliphatic rings. The molecule has 1 aromatic heterocycles. The Labute approximate surface area is 117 Å². The zero-order valence-corrected chi connectivity index (χ0v) is 11.5. The summed E-state index contributed by atoms with van der Waals surface area (Å²) >= 11 is 5.86. The lowest BCUT2D eigenvalue weighted by atomic mass is 9.71. The highest BCUT2D eigenvalue weighted by atomic mass is 35.5. The van der Waals surface area contributed by atoms with Crippen molar-refractivity contribution in [1.82, 2.24) is 4.90 Å². The lowest BCUT2D eigenvalue weighted by Crippen LogP contribution is -2.54. The van der Waals surface area contributed by atoms with Crippen LogP contribution < -0.4 is 0 Å². The fourth-order valence-electron chi connectivity index (χ4n) is 3.37. The van der Waals surface area contributed by atoms with Crippen LogP contribution in [0.4, 0.5) is 0 Å². The normalized spacial score (nSPS) is 31.1. The van der Waals surface area contributed by atoms with Gasteiger partial charge in [0.15, 0.2) is 0 Å². The molecule has 2 fully saturated rings. The summed E-state index contributed by atoms with van der Waals surface area (Å²) in [4.78, 5) is 14.2. The predicted octanol–water partition coefficient (Wildman–Crippen LogP) is 2.70. The summed E-state index contributed by atoms with van der Waals surface area (Å²) in [7, 11) is 0. The van der Waals surface area contributed by atoms with Crippen LogP contribution in [-0.2, 0) is 0 Å². The summed E-state index contributed by atoms with van der Waals surface area (Å²) in [5.74, 6) is 0.107. The number of halogens is 1. The van der Waals surface area contributed by atoms with E-state index in [-0.39, 0.29) is 17.0 Å².